The normalized spacial score (nSPS) is 13.6. The molecule has 0 heterocycles. The molecule has 0 rings (SSSR count). The summed E-state index contributed by atoms with van der Waals surface area (Å²) < 4.78 is 23.0. The van der Waals surface area contributed by atoms with Crippen LogP contribution in [0.4, 0.5) is 0 Å². The van der Waals surface area contributed by atoms with Crippen molar-refractivity contribution in [3.05, 3.63) is 146 Å². The van der Waals surface area contributed by atoms with Crippen molar-refractivity contribution >= 4 is 17.9 Å². The van der Waals surface area contributed by atoms with Crippen molar-refractivity contribution in [3.8, 4) is 0 Å². The Hall–Kier alpha value is -4.83. The highest BCUT2D eigenvalue weighted by atomic mass is 16.7. The summed E-state index contributed by atoms with van der Waals surface area (Å²) in [5.74, 6) is -2.02. The molecule has 0 aromatic carbocycles. The van der Waals surface area contributed by atoms with Crippen molar-refractivity contribution in [1.82, 2.24) is 0 Å². The maximum atomic E-state index is 13.0. The summed E-state index contributed by atoms with van der Waals surface area (Å²) in [5.41, 5.74) is 0. The van der Waals surface area contributed by atoms with Crippen LogP contribution in [0, 0.1) is 0 Å². The zero-order valence-electron chi connectivity index (χ0n) is 56.4. The van der Waals surface area contributed by atoms with Crippen molar-refractivity contribution in [2.45, 2.75) is 283 Å². The van der Waals surface area contributed by atoms with Gasteiger partial charge in [0, 0.05) is 12.8 Å². The lowest BCUT2D eigenvalue weighted by Crippen LogP contribution is -2.40. The number of likely N-dealkylation sites (N-methyl/N-ethyl adjacent to an activating group) is 1. The third kappa shape index (κ3) is 68.5. The molecule has 0 amide bonds. The van der Waals surface area contributed by atoms with Crippen LogP contribution in [-0.4, -0.2) is 87.4 Å². The maximum Gasteiger partial charge on any atom is 0.361 e. The number of carbonyl (C=O) groups is 3. The number of aliphatic carboxylic acids is 1. The Kier molecular flexibility index (Phi) is 63.4. The molecule has 0 radical (unpaired) electrons. The van der Waals surface area contributed by atoms with E-state index in [-0.39, 0.29) is 32.2 Å². The van der Waals surface area contributed by atoms with Crippen LogP contribution in [0.1, 0.15) is 271 Å². The first-order valence-electron chi connectivity index (χ1n) is 35.0. The highest BCUT2D eigenvalue weighted by Crippen LogP contribution is 2.16. The van der Waals surface area contributed by atoms with Crippen LogP contribution < -0.4 is 0 Å². The van der Waals surface area contributed by atoms with Crippen molar-refractivity contribution in [2.24, 2.45) is 0 Å². The van der Waals surface area contributed by atoms with E-state index in [1.54, 1.807) is 0 Å². The SMILES string of the molecule is CC/C=C\C/C=C\C/C=C\C/C=C\C/C=C\C/C=C\C/C=C\CCCCCCCCCCCCCC(=O)OC(COC(=O)CCCCCCCCCCCCCCC/C=C\C/C=C\C/C=C\C/C=C\C/C=C\CC)COC(OCC[N+](C)(C)C)C(=O)O. The van der Waals surface area contributed by atoms with Crippen LogP contribution >= 0.6 is 0 Å². The molecule has 0 saturated heterocycles. The molecule has 0 aromatic heterocycles. The summed E-state index contributed by atoms with van der Waals surface area (Å²) in [6.07, 6.45) is 95.2. The number of carboxylic acid groups (broad SMARTS) is 1. The molecule has 9 heteroatoms. The molecule has 0 aromatic rings. The number of rotatable bonds is 63. The van der Waals surface area contributed by atoms with Crippen LogP contribution in [0.5, 0.6) is 0 Å². The van der Waals surface area contributed by atoms with E-state index in [4.69, 9.17) is 18.9 Å². The van der Waals surface area contributed by atoms with Gasteiger partial charge in [0.1, 0.15) is 13.2 Å². The van der Waals surface area contributed by atoms with Gasteiger partial charge in [0.25, 0.3) is 6.29 Å². The first-order valence-corrected chi connectivity index (χ1v) is 35.0. The van der Waals surface area contributed by atoms with Gasteiger partial charge in [-0.1, -0.05) is 288 Å². The van der Waals surface area contributed by atoms with E-state index >= 15 is 0 Å². The Balaban J connectivity index is 4.17. The fraction of sp³-hybridized carbons (Fsp3) is 0.654. The van der Waals surface area contributed by atoms with Crippen LogP contribution in [-0.2, 0) is 33.3 Å². The number of unbranched alkanes of at least 4 members (excludes halogenated alkanes) is 24. The van der Waals surface area contributed by atoms with Gasteiger partial charge in [0.2, 0.25) is 0 Å². The number of carboxylic acids is 1. The van der Waals surface area contributed by atoms with Gasteiger partial charge in [-0.05, 0) is 116 Å². The Morgan fingerprint density at radius 1 is 0.345 bits per heavy atom. The van der Waals surface area contributed by atoms with Gasteiger partial charge in [-0.3, -0.25) is 9.59 Å². The fourth-order valence-corrected chi connectivity index (χ4v) is 9.32. The molecule has 87 heavy (non-hydrogen) atoms. The van der Waals surface area contributed by atoms with Crippen LogP contribution in [0.2, 0.25) is 0 Å². The minimum Gasteiger partial charge on any atom is -0.477 e. The maximum absolute atomic E-state index is 13.0. The number of ether oxygens (including phenoxy) is 4. The highest BCUT2D eigenvalue weighted by Gasteiger charge is 2.25. The lowest BCUT2D eigenvalue weighted by Gasteiger charge is -2.25. The van der Waals surface area contributed by atoms with Gasteiger partial charge in [0.05, 0.1) is 34.4 Å². The number of allylic oxidation sites excluding steroid dienone is 24. The van der Waals surface area contributed by atoms with Gasteiger partial charge in [-0.15, -0.1) is 0 Å². The van der Waals surface area contributed by atoms with Gasteiger partial charge in [0.15, 0.2) is 6.10 Å². The minimum atomic E-state index is -1.52. The van der Waals surface area contributed by atoms with E-state index in [1.165, 1.54) is 116 Å². The first-order chi connectivity index (χ1) is 42.6. The number of nitrogens with zero attached hydrogens (tertiary/aromatic N) is 1. The average molecular weight is 1210 g/mol. The molecule has 494 valence electrons. The van der Waals surface area contributed by atoms with Crippen molar-refractivity contribution in [3.63, 3.8) is 0 Å². The second kappa shape index (κ2) is 67.1. The van der Waals surface area contributed by atoms with E-state index in [9.17, 15) is 19.5 Å². The monoisotopic (exact) mass is 1210 g/mol. The Bertz CT molecular complexity index is 1940. The first kappa shape index (κ1) is 82.2. The highest BCUT2D eigenvalue weighted by molar-refractivity contribution is 5.71. The van der Waals surface area contributed by atoms with E-state index in [0.717, 1.165) is 122 Å². The molecule has 9 nitrogen and oxygen atoms in total. The summed E-state index contributed by atoms with van der Waals surface area (Å²) in [6.45, 7) is 4.65. The number of hydrogen-bond acceptors (Lipinski definition) is 7. The summed E-state index contributed by atoms with van der Waals surface area (Å²) in [5, 5.41) is 9.75. The van der Waals surface area contributed by atoms with Crippen molar-refractivity contribution in [2.75, 3.05) is 47.5 Å². The molecule has 0 fully saturated rings. The molecule has 2 unspecified atom stereocenters. The largest absolute Gasteiger partial charge is 0.477 e. The van der Waals surface area contributed by atoms with Crippen molar-refractivity contribution < 1.29 is 42.9 Å². The van der Waals surface area contributed by atoms with Gasteiger partial charge in [-0.25, -0.2) is 4.79 Å². The summed E-state index contributed by atoms with van der Waals surface area (Å²) in [6, 6.07) is 0. The van der Waals surface area contributed by atoms with Gasteiger partial charge < -0.3 is 28.5 Å². The average Bonchev–Trinajstić information content (AvgIpc) is 3.59. The zero-order valence-corrected chi connectivity index (χ0v) is 56.4. The standard InChI is InChI=1S/C78H129NO8/c1-6-8-10-12-14-16-18-20-22-24-26-28-30-32-34-36-37-38-39-41-43-45-47-49-51-53-55-57-59-61-63-65-67-69-76(81)87-74(73-86-78(77(82)83)84-71-70-79(3,4)5)72-85-75(80)68-66-64-62-60-58-56-54-52-50-48-46-44-42-40-35-33-31-29-27-25-23-21-19-17-15-13-11-9-7-2/h8-11,14-17,20-23,26-29,32-35,37-38,41,43,74,78H,6-7,12-13,18-19,24-25,30-31,36,39-40,42,44-73H2,1-5H3/p+1/b10-8-,11-9-,16-14-,17-15-,22-20-,23-21-,28-26-,29-27-,34-32-,35-33-,38-37-,43-41-. The molecule has 0 bridgehead atoms. The summed E-state index contributed by atoms with van der Waals surface area (Å²) in [4.78, 5) is 37.6. The van der Waals surface area contributed by atoms with Gasteiger partial charge in [-0.2, -0.15) is 0 Å². The summed E-state index contributed by atoms with van der Waals surface area (Å²) in [7, 11) is 5.97. The molecule has 2 atom stereocenters. The Morgan fingerprint density at radius 2 is 0.621 bits per heavy atom. The molecular formula is C78H130NO8+. The second-order valence-electron chi connectivity index (χ2n) is 24.1. The van der Waals surface area contributed by atoms with E-state index in [0.29, 0.717) is 23.9 Å². The van der Waals surface area contributed by atoms with E-state index < -0.39 is 24.3 Å². The molecule has 0 aliphatic heterocycles. The number of esters is 2. The molecular weight excluding hydrogens is 1080 g/mol. The Morgan fingerprint density at radius 3 is 0.920 bits per heavy atom. The zero-order chi connectivity index (χ0) is 63.3. The molecule has 0 aliphatic rings. The van der Waals surface area contributed by atoms with E-state index in [2.05, 4.69) is 160 Å². The predicted octanol–water partition coefficient (Wildman–Crippen LogP) is 21.9. The minimum absolute atomic E-state index is 0.181. The smallest absolute Gasteiger partial charge is 0.361 e. The summed E-state index contributed by atoms with van der Waals surface area (Å²) >= 11 is 0. The van der Waals surface area contributed by atoms with Crippen LogP contribution in [0.3, 0.4) is 0 Å². The van der Waals surface area contributed by atoms with Crippen LogP contribution in [0.25, 0.3) is 0 Å². The lowest BCUT2D eigenvalue weighted by atomic mass is 10.0. The third-order valence-electron chi connectivity index (χ3n) is 14.6. The lowest BCUT2D eigenvalue weighted by molar-refractivity contribution is -0.870. The Labute approximate surface area is 534 Å². The molecule has 1 N–H and O–H groups in total. The fourth-order valence-electron chi connectivity index (χ4n) is 9.32. The topological polar surface area (TPSA) is 108 Å². The quantitative estimate of drug-likeness (QED) is 0.0211. The van der Waals surface area contributed by atoms with E-state index in [1.807, 2.05) is 21.1 Å². The molecule has 0 saturated carbocycles. The van der Waals surface area contributed by atoms with Crippen LogP contribution in [0.15, 0.2) is 146 Å². The number of hydrogen-bond donors (Lipinski definition) is 1. The number of quaternary nitrogens is 1. The second-order valence-corrected chi connectivity index (χ2v) is 24.1. The number of carbonyl (C=O) groups excluding carboxylic acids is 2. The third-order valence-corrected chi connectivity index (χ3v) is 14.6. The molecule has 0 aliphatic carbocycles. The molecule has 0 spiro atoms. The van der Waals surface area contributed by atoms with Gasteiger partial charge >= 0.3 is 17.9 Å². The van der Waals surface area contributed by atoms with Crippen molar-refractivity contribution in [1.29, 1.82) is 0 Å². The predicted molar refractivity (Wildman–Crippen MR) is 373 cm³/mol.